The zero-order valence-electron chi connectivity index (χ0n) is 13.2. The number of methoxy groups -OCH3 is 2. The zero-order valence-corrected chi connectivity index (χ0v) is 13.2. The molecule has 1 aromatic heterocycles. The smallest absolute Gasteiger partial charge is 0.234 e. The van der Waals surface area contributed by atoms with Gasteiger partial charge in [-0.3, -0.25) is 4.79 Å². The number of benzene rings is 2. The van der Waals surface area contributed by atoms with Crippen molar-refractivity contribution in [1.29, 1.82) is 0 Å². The first kappa shape index (κ1) is 16.3. The normalized spacial score (nSPS) is 10.8. The number of phenols is 3. The van der Waals surface area contributed by atoms with Crippen LogP contribution in [0.15, 0.2) is 33.5 Å². The highest BCUT2D eigenvalue weighted by Gasteiger charge is 2.20. The zero-order chi connectivity index (χ0) is 18.3. The van der Waals surface area contributed by atoms with Gasteiger partial charge < -0.3 is 34.3 Å². The molecule has 0 saturated heterocycles. The second kappa shape index (κ2) is 5.82. The molecule has 3 N–H and O–H groups in total. The van der Waals surface area contributed by atoms with E-state index in [4.69, 9.17) is 13.9 Å². The maximum Gasteiger partial charge on any atom is 0.234 e. The number of aromatic hydroxyl groups is 3. The molecule has 0 aliphatic heterocycles. The topological polar surface area (TPSA) is 132 Å². The van der Waals surface area contributed by atoms with Crippen molar-refractivity contribution in [2.24, 2.45) is 0 Å². The van der Waals surface area contributed by atoms with Crippen molar-refractivity contribution in [1.82, 2.24) is 0 Å². The van der Waals surface area contributed by atoms with E-state index in [0.29, 0.717) is 0 Å². The van der Waals surface area contributed by atoms with Crippen LogP contribution in [0.3, 0.4) is 0 Å². The number of ether oxygens (including phenoxy) is 2. The molecule has 1 heterocycles. The Balaban J connectivity index is 2.42. The SMILES string of the molecule is COc1cc2oc(-c3ccc(O)c(O)c3)c(OC)c(=O)c2c([O-])c1O. The third-order valence-corrected chi connectivity index (χ3v) is 3.70. The molecule has 0 saturated carbocycles. The van der Waals surface area contributed by atoms with Gasteiger partial charge in [-0.25, -0.2) is 0 Å². The fraction of sp³-hybridized carbons (Fsp3) is 0.118. The van der Waals surface area contributed by atoms with Crippen LogP contribution >= 0.6 is 0 Å². The molecule has 0 aliphatic carbocycles. The lowest BCUT2D eigenvalue weighted by Gasteiger charge is -2.17. The van der Waals surface area contributed by atoms with Crippen LogP contribution in [0, 0.1) is 0 Å². The maximum absolute atomic E-state index is 12.6. The van der Waals surface area contributed by atoms with Gasteiger partial charge in [-0.15, -0.1) is 0 Å². The van der Waals surface area contributed by atoms with Crippen LogP contribution in [0.25, 0.3) is 22.3 Å². The fourth-order valence-electron chi connectivity index (χ4n) is 2.47. The number of phenolic OH excluding ortho intramolecular Hbond substituents is 3. The molecule has 130 valence electrons. The summed E-state index contributed by atoms with van der Waals surface area (Å²) in [7, 11) is 2.47. The molecule has 3 aromatic rings. The highest BCUT2D eigenvalue weighted by atomic mass is 16.5. The van der Waals surface area contributed by atoms with Gasteiger partial charge in [0.25, 0.3) is 0 Å². The highest BCUT2D eigenvalue weighted by Crippen LogP contribution is 2.42. The standard InChI is InChI=1S/C17H14O8/c1-23-11-6-10-12(14(21)13(11)20)15(22)17(24-2)16(25-10)7-3-4-8(18)9(19)5-7/h3-6,18-21H,1-2H3/p-1. The monoisotopic (exact) mass is 345 g/mol. The van der Waals surface area contributed by atoms with E-state index in [1.165, 1.54) is 38.5 Å². The molecular formula is C17H13O8-. The van der Waals surface area contributed by atoms with Gasteiger partial charge in [0.1, 0.15) is 5.58 Å². The molecule has 0 spiro atoms. The second-order valence-electron chi connectivity index (χ2n) is 5.13. The summed E-state index contributed by atoms with van der Waals surface area (Å²) in [5.41, 5.74) is -0.659. The molecule has 0 bridgehead atoms. The van der Waals surface area contributed by atoms with Crippen LogP contribution in [0.2, 0.25) is 0 Å². The molecule has 0 radical (unpaired) electrons. The molecule has 0 atom stereocenters. The Bertz CT molecular complexity index is 1040. The lowest BCUT2D eigenvalue weighted by atomic mass is 10.1. The molecule has 3 rings (SSSR count). The van der Waals surface area contributed by atoms with Crippen LogP contribution < -0.4 is 20.0 Å². The Morgan fingerprint density at radius 2 is 1.76 bits per heavy atom. The number of rotatable bonds is 3. The Morgan fingerprint density at radius 3 is 2.36 bits per heavy atom. The van der Waals surface area contributed by atoms with Crippen molar-refractivity contribution in [2.45, 2.75) is 0 Å². The Morgan fingerprint density at radius 1 is 1.04 bits per heavy atom. The molecule has 8 nitrogen and oxygen atoms in total. The summed E-state index contributed by atoms with van der Waals surface area (Å²) >= 11 is 0. The van der Waals surface area contributed by atoms with E-state index in [-0.39, 0.29) is 39.5 Å². The van der Waals surface area contributed by atoms with Crippen LogP contribution in [0.4, 0.5) is 0 Å². The largest absolute Gasteiger partial charge is 0.869 e. The molecule has 25 heavy (non-hydrogen) atoms. The van der Waals surface area contributed by atoms with Crippen molar-refractivity contribution < 1.29 is 34.3 Å². The predicted molar refractivity (Wildman–Crippen MR) is 85.5 cm³/mol. The van der Waals surface area contributed by atoms with Gasteiger partial charge in [-0.1, -0.05) is 0 Å². The van der Waals surface area contributed by atoms with E-state index >= 15 is 0 Å². The first-order valence-corrected chi connectivity index (χ1v) is 7.03. The first-order chi connectivity index (χ1) is 11.9. The molecule has 2 aromatic carbocycles. The summed E-state index contributed by atoms with van der Waals surface area (Å²) in [5, 5.41) is 40.7. The van der Waals surface area contributed by atoms with Gasteiger partial charge in [0.05, 0.1) is 19.6 Å². The number of fused-ring (bicyclic) bond motifs is 1. The van der Waals surface area contributed by atoms with Gasteiger partial charge in [0.2, 0.25) is 11.2 Å². The van der Waals surface area contributed by atoms with E-state index in [1.807, 2.05) is 0 Å². The highest BCUT2D eigenvalue weighted by molar-refractivity contribution is 5.91. The summed E-state index contributed by atoms with van der Waals surface area (Å²) in [6, 6.07) is 5.00. The number of hydrogen-bond donors (Lipinski definition) is 3. The average molecular weight is 345 g/mol. The molecule has 0 unspecified atom stereocenters. The summed E-state index contributed by atoms with van der Waals surface area (Å²) in [6.07, 6.45) is 0. The fourth-order valence-corrected chi connectivity index (χ4v) is 2.47. The lowest BCUT2D eigenvalue weighted by Crippen LogP contribution is -2.10. The Labute approximate surface area is 140 Å². The van der Waals surface area contributed by atoms with Crippen LogP contribution in [0.1, 0.15) is 0 Å². The summed E-state index contributed by atoms with van der Waals surface area (Å²) in [4.78, 5) is 12.6. The third-order valence-electron chi connectivity index (χ3n) is 3.70. The second-order valence-corrected chi connectivity index (χ2v) is 5.13. The summed E-state index contributed by atoms with van der Waals surface area (Å²) < 4.78 is 15.6. The van der Waals surface area contributed by atoms with Crippen molar-refractivity contribution in [3.05, 3.63) is 34.5 Å². The van der Waals surface area contributed by atoms with Crippen molar-refractivity contribution in [3.63, 3.8) is 0 Å². The van der Waals surface area contributed by atoms with Gasteiger partial charge >= 0.3 is 0 Å². The Hall–Kier alpha value is -3.55. The van der Waals surface area contributed by atoms with E-state index in [9.17, 15) is 25.2 Å². The first-order valence-electron chi connectivity index (χ1n) is 7.03. The minimum Gasteiger partial charge on any atom is -0.869 e. The van der Waals surface area contributed by atoms with Gasteiger partial charge in [0, 0.05) is 11.6 Å². The molecule has 0 amide bonds. The Kier molecular flexibility index (Phi) is 3.80. The van der Waals surface area contributed by atoms with E-state index in [0.717, 1.165) is 0 Å². The van der Waals surface area contributed by atoms with Gasteiger partial charge in [-0.05, 0) is 23.9 Å². The van der Waals surface area contributed by atoms with Gasteiger partial charge in [0.15, 0.2) is 28.8 Å². The quantitative estimate of drug-likeness (QED) is 0.611. The molecular weight excluding hydrogens is 332 g/mol. The van der Waals surface area contributed by atoms with E-state index in [2.05, 4.69) is 0 Å². The average Bonchev–Trinajstić information content (AvgIpc) is 2.59. The lowest BCUT2D eigenvalue weighted by molar-refractivity contribution is -0.267. The van der Waals surface area contributed by atoms with Crippen LogP contribution in [-0.4, -0.2) is 29.5 Å². The van der Waals surface area contributed by atoms with Gasteiger partial charge in [-0.2, -0.15) is 0 Å². The molecule has 0 fully saturated rings. The van der Waals surface area contributed by atoms with Crippen LogP contribution in [0.5, 0.6) is 34.5 Å². The third kappa shape index (κ3) is 2.44. The minimum atomic E-state index is -0.943. The molecule has 8 heteroatoms. The molecule has 0 aliphatic rings. The van der Waals surface area contributed by atoms with Crippen molar-refractivity contribution >= 4 is 11.0 Å². The minimum absolute atomic E-state index is 0.0533. The summed E-state index contributed by atoms with van der Waals surface area (Å²) in [6.45, 7) is 0. The van der Waals surface area contributed by atoms with Crippen molar-refractivity contribution in [2.75, 3.05) is 14.2 Å². The van der Waals surface area contributed by atoms with E-state index < -0.39 is 22.7 Å². The summed E-state index contributed by atoms with van der Waals surface area (Å²) in [5.74, 6) is -2.90. The number of hydrogen-bond acceptors (Lipinski definition) is 8. The maximum atomic E-state index is 12.6. The van der Waals surface area contributed by atoms with Crippen LogP contribution in [-0.2, 0) is 0 Å². The van der Waals surface area contributed by atoms with Crippen molar-refractivity contribution in [3.8, 4) is 45.8 Å². The predicted octanol–water partition coefficient (Wildman–Crippen LogP) is 1.67. The van der Waals surface area contributed by atoms with E-state index in [1.54, 1.807) is 0 Å².